The summed E-state index contributed by atoms with van der Waals surface area (Å²) in [6.45, 7) is 3.72. The Morgan fingerprint density at radius 1 is 1.47 bits per heavy atom. The molecule has 1 heterocycles. The average molecular weight is 321 g/mol. The summed E-state index contributed by atoms with van der Waals surface area (Å²) in [5.74, 6) is 0. The van der Waals surface area contributed by atoms with Gasteiger partial charge in [0.05, 0.1) is 26.5 Å². The van der Waals surface area contributed by atoms with Gasteiger partial charge < -0.3 is 0 Å². The third-order valence-electron chi connectivity index (χ3n) is 2.74. The van der Waals surface area contributed by atoms with Crippen molar-refractivity contribution in [3.8, 4) is 11.8 Å². The van der Waals surface area contributed by atoms with Gasteiger partial charge in [-0.15, -0.1) is 0 Å². The van der Waals surface area contributed by atoms with E-state index in [1.807, 2.05) is 19.9 Å². The molecular formula is C12H9BrN4O2. The summed E-state index contributed by atoms with van der Waals surface area (Å²) in [6, 6.07) is 6.19. The van der Waals surface area contributed by atoms with Gasteiger partial charge in [-0.05, 0) is 41.9 Å². The number of rotatable bonds is 2. The first-order valence-corrected chi connectivity index (χ1v) is 6.15. The second-order valence-electron chi connectivity index (χ2n) is 3.97. The normalized spacial score (nSPS) is 10.2. The van der Waals surface area contributed by atoms with Crippen LogP contribution >= 0.6 is 15.9 Å². The topological polar surface area (TPSA) is 84.8 Å². The number of halogens is 1. The van der Waals surface area contributed by atoms with Crippen molar-refractivity contribution in [3.63, 3.8) is 0 Å². The predicted octanol–water partition coefficient (Wildman–Crippen LogP) is 3.03. The van der Waals surface area contributed by atoms with Gasteiger partial charge >= 0.3 is 0 Å². The van der Waals surface area contributed by atoms with E-state index in [1.165, 1.54) is 12.1 Å². The quantitative estimate of drug-likeness (QED) is 0.628. The maximum Gasteiger partial charge on any atom is 0.287 e. The zero-order valence-corrected chi connectivity index (χ0v) is 11.8. The molecule has 1 aromatic heterocycles. The second-order valence-corrected chi connectivity index (χ2v) is 4.76. The van der Waals surface area contributed by atoms with Gasteiger partial charge in [-0.2, -0.15) is 10.4 Å². The number of hydrogen-bond acceptors (Lipinski definition) is 4. The van der Waals surface area contributed by atoms with Gasteiger partial charge in [-0.3, -0.25) is 10.1 Å². The lowest BCUT2D eigenvalue weighted by Crippen LogP contribution is -2.01. The Morgan fingerprint density at radius 3 is 2.63 bits per heavy atom. The highest BCUT2D eigenvalue weighted by Crippen LogP contribution is 2.26. The van der Waals surface area contributed by atoms with Crippen molar-refractivity contribution in [2.24, 2.45) is 0 Å². The molecule has 0 spiro atoms. The van der Waals surface area contributed by atoms with Crippen molar-refractivity contribution in [3.05, 3.63) is 49.7 Å². The van der Waals surface area contributed by atoms with E-state index in [1.54, 1.807) is 10.7 Å². The van der Waals surface area contributed by atoms with Crippen LogP contribution in [0.15, 0.2) is 22.7 Å². The molecule has 6 nitrogen and oxygen atoms in total. The minimum Gasteiger partial charge on any atom is -0.258 e. The first-order chi connectivity index (χ1) is 8.95. The minimum atomic E-state index is -0.570. The number of benzene rings is 1. The summed E-state index contributed by atoms with van der Waals surface area (Å²) in [5, 5.41) is 24.1. The molecule has 0 unspecified atom stereocenters. The third kappa shape index (κ3) is 2.22. The van der Waals surface area contributed by atoms with Crippen LogP contribution in [0.3, 0.4) is 0 Å². The average Bonchev–Trinajstić information content (AvgIpc) is 2.65. The zero-order valence-electron chi connectivity index (χ0n) is 10.2. The Labute approximate surface area is 117 Å². The van der Waals surface area contributed by atoms with Crippen molar-refractivity contribution >= 4 is 21.6 Å². The van der Waals surface area contributed by atoms with E-state index >= 15 is 0 Å². The van der Waals surface area contributed by atoms with Crippen LogP contribution in [-0.2, 0) is 0 Å². The molecule has 0 atom stereocenters. The van der Waals surface area contributed by atoms with Gasteiger partial charge in [0, 0.05) is 6.07 Å². The number of nitriles is 1. The molecular weight excluding hydrogens is 312 g/mol. The molecule has 0 saturated carbocycles. The summed E-state index contributed by atoms with van der Waals surface area (Å²) < 4.78 is 2.52. The number of nitro groups is 1. The maximum atomic E-state index is 10.8. The lowest BCUT2D eigenvalue weighted by atomic mass is 10.1. The summed E-state index contributed by atoms with van der Waals surface area (Å²) >= 11 is 3.41. The van der Waals surface area contributed by atoms with Gasteiger partial charge in [-0.25, -0.2) is 4.68 Å². The standard InChI is InChI=1S/C12H9BrN4O2/c1-7-12(13)8(2)16(15-7)10-3-4-11(17(18)19)9(5-10)6-14/h3-5H,1-2H3. The Morgan fingerprint density at radius 2 is 2.16 bits per heavy atom. The molecule has 0 bridgehead atoms. The monoisotopic (exact) mass is 320 g/mol. The first-order valence-electron chi connectivity index (χ1n) is 5.36. The third-order valence-corrected chi connectivity index (χ3v) is 3.89. The molecule has 19 heavy (non-hydrogen) atoms. The van der Waals surface area contributed by atoms with Crippen molar-refractivity contribution in [2.75, 3.05) is 0 Å². The fraction of sp³-hybridized carbons (Fsp3) is 0.167. The fourth-order valence-corrected chi connectivity index (χ4v) is 2.03. The molecule has 7 heteroatoms. The van der Waals surface area contributed by atoms with E-state index in [2.05, 4.69) is 21.0 Å². The molecule has 0 fully saturated rings. The highest BCUT2D eigenvalue weighted by atomic mass is 79.9. The summed E-state index contributed by atoms with van der Waals surface area (Å²) in [6.07, 6.45) is 0. The molecule has 2 rings (SSSR count). The van der Waals surface area contributed by atoms with Crippen LogP contribution < -0.4 is 0 Å². The number of nitro benzene ring substituents is 1. The minimum absolute atomic E-state index is 0.0196. The van der Waals surface area contributed by atoms with E-state index < -0.39 is 4.92 Å². The van der Waals surface area contributed by atoms with Crippen molar-refractivity contribution in [1.82, 2.24) is 9.78 Å². The van der Waals surface area contributed by atoms with Crippen LogP contribution in [0.25, 0.3) is 5.69 Å². The van der Waals surface area contributed by atoms with Crippen LogP contribution in [0.4, 0.5) is 5.69 Å². The van der Waals surface area contributed by atoms with Crippen LogP contribution in [0.2, 0.25) is 0 Å². The second kappa shape index (κ2) is 4.82. The maximum absolute atomic E-state index is 10.8. The largest absolute Gasteiger partial charge is 0.287 e. The molecule has 0 radical (unpaired) electrons. The number of nitrogens with zero attached hydrogens (tertiary/aromatic N) is 4. The van der Waals surface area contributed by atoms with Crippen molar-refractivity contribution in [2.45, 2.75) is 13.8 Å². The van der Waals surface area contributed by atoms with Crippen LogP contribution in [0, 0.1) is 35.3 Å². The molecule has 96 valence electrons. The van der Waals surface area contributed by atoms with Gasteiger partial charge in [0.15, 0.2) is 0 Å². The smallest absolute Gasteiger partial charge is 0.258 e. The molecule has 0 aliphatic carbocycles. The van der Waals surface area contributed by atoms with Gasteiger partial charge in [0.1, 0.15) is 11.6 Å². The van der Waals surface area contributed by atoms with Gasteiger partial charge in [-0.1, -0.05) is 0 Å². The molecule has 0 amide bonds. The Bertz CT molecular complexity index is 715. The van der Waals surface area contributed by atoms with Crippen molar-refractivity contribution < 1.29 is 4.92 Å². The summed E-state index contributed by atoms with van der Waals surface area (Å²) in [5.41, 5.74) is 2.12. The zero-order chi connectivity index (χ0) is 14.2. The summed E-state index contributed by atoms with van der Waals surface area (Å²) in [7, 11) is 0. The van der Waals surface area contributed by atoms with E-state index in [0.717, 1.165) is 15.9 Å². The Hall–Kier alpha value is -2.20. The van der Waals surface area contributed by atoms with Crippen molar-refractivity contribution in [1.29, 1.82) is 5.26 Å². The van der Waals surface area contributed by atoms with Crippen LogP contribution in [0.5, 0.6) is 0 Å². The van der Waals surface area contributed by atoms with E-state index in [9.17, 15) is 10.1 Å². The SMILES string of the molecule is Cc1nn(-c2ccc([N+](=O)[O-])c(C#N)c2)c(C)c1Br. The molecule has 0 saturated heterocycles. The molecule has 0 aliphatic rings. The van der Waals surface area contributed by atoms with E-state index in [-0.39, 0.29) is 11.3 Å². The van der Waals surface area contributed by atoms with Crippen LogP contribution in [0.1, 0.15) is 17.0 Å². The summed E-state index contributed by atoms with van der Waals surface area (Å²) in [4.78, 5) is 10.2. The van der Waals surface area contributed by atoms with Gasteiger partial charge in [0.25, 0.3) is 5.69 Å². The molecule has 2 aromatic rings. The molecule has 0 N–H and O–H groups in total. The molecule has 0 aliphatic heterocycles. The van der Waals surface area contributed by atoms with E-state index in [4.69, 9.17) is 5.26 Å². The Balaban J connectivity index is 2.62. The lowest BCUT2D eigenvalue weighted by Gasteiger charge is -2.05. The predicted molar refractivity (Wildman–Crippen MR) is 72.1 cm³/mol. The first kappa shape index (κ1) is 13.2. The van der Waals surface area contributed by atoms with E-state index in [0.29, 0.717) is 5.69 Å². The fourth-order valence-electron chi connectivity index (χ4n) is 1.78. The van der Waals surface area contributed by atoms with Crippen LogP contribution in [-0.4, -0.2) is 14.7 Å². The lowest BCUT2D eigenvalue weighted by molar-refractivity contribution is -0.385. The highest BCUT2D eigenvalue weighted by Gasteiger charge is 2.16. The Kier molecular flexibility index (Phi) is 3.36. The molecule has 1 aromatic carbocycles. The van der Waals surface area contributed by atoms with Gasteiger partial charge in [0.2, 0.25) is 0 Å². The highest BCUT2D eigenvalue weighted by molar-refractivity contribution is 9.10. The number of hydrogen-bond donors (Lipinski definition) is 0. The number of aromatic nitrogens is 2. The number of aryl methyl sites for hydroxylation is 1.